The number of fused-ring (bicyclic) bond motifs is 2. The summed E-state index contributed by atoms with van der Waals surface area (Å²) in [6, 6.07) is 53.4. The molecule has 0 amide bonds. The molecule has 50 heavy (non-hydrogen) atoms. The standard InChI is InChI=1S/C46H34N4/c1-31-27-37(25-26-44(31)50-30-47-41-17-8-9-18-45(41)50)38-24-21-32-15-10-16-39(40(32)28-38)33-19-22-35(23-20-33)43-29-42(34-11-4-2-5-12-34)48-46(49-43)36-13-6-3-7-14-36/h2-31,44H,1H3. The van der Waals surface area contributed by atoms with Gasteiger partial charge in [-0.3, -0.25) is 0 Å². The average Bonchev–Trinajstić information content (AvgIpc) is 3.62. The number of benzene rings is 6. The molecule has 6 aromatic carbocycles. The molecule has 0 aliphatic heterocycles. The molecule has 4 heteroatoms. The Morgan fingerprint density at radius 3 is 1.98 bits per heavy atom. The zero-order valence-corrected chi connectivity index (χ0v) is 27.7. The minimum Gasteiger partial charge on any atom is -0.323 e. The molecular formula is C46H34N4. The number of imidazole rings is 1. The number of aromatic nitrogens is 4. The van der Waals surface area contributed by atoms with Crippen molar-refractivity contribution >= 4 is 27.4 Å². The molecule has 2 aromatic heterocycles. The van der Waals surface area contributed by atoms with Crippen molar-refractivity contribution in [1.82, 2.24) is 19.5 Å². The highest BCUT2D eigenvalue weighted by Gasteiger charge is 2.21. The van der Waals surface area contributed by atoms with Crippen LogP contribution in [0.2, 0.25) is 0 Å². The Bertz CT molecular complexity index is 2490. The molecule has 0 saturated carbocycles. The van der Waals surface area contributed by atoms with Crippen molar-refractivity contribution in [3.8, 4) is 45.0 Å². The summed E-state index contributed by atoms with van der Waals surface area (Å²) in [5.74, 6) is 1.04. The van der Waals surface area contributed by atoms with Crippen molar-refractivity contribution in [2.45, 2.75) is 13.0 Å². The van der Waals surface area contributed by atoms with Gasteiger partial charge in [0.25, 0.3) is 0 Å². The molecule has 2 unspecified atom stereocenters. The molecule has 0 fully saturated rings. The van der Waals surface area contributed by atoms with Crippen LogP contribution in [0.1, 0.15) is 18.5 Å². The van der Waals surface area contributed by atoms with Crippen LogP contribution in [0.4, 0.5) is 0 Å². The zero-order chi connectivity index (χ0) is 33.4. The summed E-state index contributed by atoms with van der Waals surface area (Å²) in [5, 5.41) is 2.46. The van der Waals surface area contributed by atoms with Gasteiger partial charge in [0.15, 0.2) is 5.82 Å². The molecule has 8 aromatic rings. The Balaban J connectivity index is 1.05. The van der Waals surface area contributed by atoms with E-state index in [4.69, 9.17) is 9.97 Å². The first-order valence-corrected chi connectivity index (χ1v) is 17.1. The molecule has 238 valence electrons. The highest BCUT2D eigenvalue weighted by Crippen LogP contribution is 2.37. The minimum atomic E-state index is 0.225. The zero-order valence-electron chi connectivity index (χ0n) is 27.7. The third-order valence-corrected chi connectivity index (χ3v) is 9.79. The van der Waals surface area contributed by atoms with Gasteiger partial charge in [-0.25, -0.2) is 15.0 Å². The van der Waals surface area contributed by atoms with E-state index in [1.54, 1.807) is 0 Å². The fourth-order valence-corrected chi connectivity index (χ4v) is 7.16. The van der Waals surface area contributed by atoms with Crippen molar-refractivity contribution in [1.29, 1.82) is 0 Å². The Morgan fingerprint density at radius 1 is 0.560 bits per heavy atom. The molecule has 0 saturated heterocycles. The number of allylic oxidation sites excluding steroid dienone is 4. The van der Waals surface area contributed by atoms with Crippen molar-refractivity contribution < 1.29 is 0 Å². The Labute approximate surface area is 291 Å². The van der Waals surface area contributed by atoms with Gasteiger partial charge in [0, 0.05) is 16.7 Å². The third kappa shape index (κ3) is 5.51. The molecule has 0 radical (unpaired) electrons. The summed E-state index contributed by atoms with van der Waals surface area (Å²) in [6.45, 7) is 2.29. The van der Waals surface area contributed by atoms with Crippen LogP contribution in [-0.2, 0) is 0 Å². The van der Waals surface area contributed by atoms with E-state index in [0.29, 0.717) is 5.92 Å². The number of rotatable bonds is 6. The third-order valence-electron chi connectivity index (χ3n) is 9.79. The van der Waals surface area contributed by atoms with Gasteiger partial charge in [0.1, 0.15) is 0 Å². The maximum atomic E-state index is 5.03. The SMILES string of the molecule is CC1C=C(c2ccc3cccc(-c4ccc(-c5cc(-c6ccccc6)nc(-c6ccccc6)n5)cc4)c3c2)C=CC1n1cnc2ccccc21. The predicted octanol–water partition coefficient (Wildman–Crippen LogP) is 11.5. The second kappa shape index (κ2) is 12.6. The van der Waals surface area contributed by atoms with Crippen molar-refractivity contribution in [3.63, 3.8) is 0 Å². The van der Waals surface area contributed by atoms with Crippen molar-refractivity contribution in [3.05, 3.63) is 182 Å². The Morgan fingerprint density at radius 2 is 1.22 bits per heavy atom. The van der Waals surface area contributed by atoms with Gasteiger partial charge in [-0.15, -0.1) is 0 Å². The van der Waals surface area contributed by atoms with Crippen LogP contribution in [0.3, 0.4) is 0 Å². The van der Waals surface area contributed by atoms with E-state index in [9.17, 15) is 0 Å². The maximum absolute atomic E-state index is 5.03. The first kappa shape index (κ1) is 29.7. The number of nitrogens with zero attached hydrogens (tertiary/aromatic N) is 4. The van der Waals surface area contributed by atoms with Crippen molar-refractivity contribution in [2.24, 2.45) is 5.92 Å². The van der Waals surface area contributed by atoms with Gasteiger partial charge in [-0.1, -0.05) is 153 Å². The summed E-state index contributed by atoms with van der Waals surface area (Å²) in [7, 11) is 0. The monoisotopic (exact) mass is 642 g/mol. The minimum absolute atomic E-state index is 0.225. The Kier molecular flexibility index (Phi) is 7.47. The maximum Gasteiger partial charge on any atom is 0.160 e. The normalized spacial score (nSPS) is 15.7. The van der Waals surface area contributed by atoms with Gasteiger partial charge in [0.05, 0.1) is 34.8 Å². The molecule has 2 atom stereocenters. The van der Waals surface area contributed by atoms with Crippen LogP contribution in [-0.4, -0.2) is 19.5 Å². The van der Waals surface area contributed by atoms with E-state index in [1.807, 2.05) is 48.8 Å². The van der Waals surface area contributed by atoms with Gasteiger partial charge >= 0.3 is 0 Å². The number of para-hydroxylation sites is 2. The Hall–Kier alpha value is -6.39. The van der Waals surface area contributed by atoms with E-state index in [0.717, 1.165) is 39.4 Å². The summed E-state index contributed by atoms with van der Waals surface area (Å²) in [4.78, 5) is 14.6. The van der Waals surface area contributed by atoms with E-state index >= 15 is 0 Å². The van der Waals surface area contributed by atoms with Crippen LogP contribution in [0.5, 0.6) is 0 Å². The van der Waals surface area contributed by atoms with Gasteiger partial charge in [-0.05, 0) is 63.2 Å². The molecule has 4 nitrogen and oxygen atoms in total. The summed E-state index contributed by atoms with van der Waals surface area (Å²) in [6.07, 6.45) is 8.96. The van der Waals surface area contributed by atoms with E-state index in [1.165, 1.54) is 38.6 Å². The highest BCUT2D eigenvalue weighted by atomic mass is 15.1. The largest absolute Gasteiger partial charge is 0.323 e. The lowest BCUT2D eigenvalue weighted by Crippen LogP contribution is -2.15. The van der Waals surface area contributed by atoms with Gasteiger partial charge in [-0.2, -0.15) is 0 Å². The van der Waals surface area contributed by atoms with E-state index in [2.05, 4.69) is 144 Å². The van der Waals surface area contributed by atoms with Gasteiger partial charge in [0.2, 0.25) is 0 Å². The number of hydrogen-bond acceptors (Lipinski definition) is 3. The molecule has 2 heterocycles. The fourth-order valence-electron chi connectivity index (χ4n) is 7.16. The molecule has 0 bridgehead atoms. The summed E-state index contributed by atoms with van der Waals surface area (Å²) < 4.78 is 2.29. The van der Waals surface area contributed by atoms with Crippen LogP contribution in [0, 0.1) is 5.92 Å². The smallest absolute Gasteiger partial charge is 0.160 e. The van der Waals surface area contributed by atoms with Crippen LogP contribution < -0.4 is 0 Å². The van der Waals surface area contributed by atoms with Crippen LogP contribution in [0.15, 0.2) is 176 Å². The van der Waals surface area contributed by atoms with Crippen molar-refractivity contribution in [2.75, 3.05) is 0 Å². The average molecular weight is 643 g/mol. The van der Waals surface area contributed by atoms with Crippen LogP contribution >= 0.6 is 0 Å². The quantitative estimate of drug-likeness (QED) is 0.181. The van der Waals surface area contributed by atoms with E-state index < -0.39 is 0 Å². The summed E-state index contributed by atoms with van der Waals surface area (Å²) >= 11 is 0. The fraction of sp³-hybridized carbons (Fsp3) is 0.0652. The van der Waals surface area contributed by atoms with Crippen LogP contribution in [0.25, 0.3) is 72.4 Å². The molecule has 0 N–H and O–H groups in total. The molecule has 9 rings (SSSR count). The van der Waals surface area contributed by atoms with E-state index in [-0.39, 0.29) is 6.04 Å². The predicted molar refractivity (Wildman–Crippen MR) is 206 cm³/mol. The molecule has 1 aliphatic carbocycles. The van der Waals surface area contributed by atoms with Gasteiger partial charge < -0.3 is 4.57 Å². The molecular weight excluding hydrogens is 609 g/mol. The first-order chi connectivity index (χ1) is 24.7. The molecule has 1 aliphatic rings. The first-order valence-electron chi connectivity index (χ1n) is 17.1. The lowest BCUT2D eigenvalue weighted by atomic mass is 9.88. The second-order valence-electron chi connectivity index (χ2n) is 13.0. The molecule has 0 spiro atoms. The lowest BCUT2D eigenvalue weighted by molar-refractivity contribution is 0.497. The topological polar surface area (TPSA) is 43.6 Å². The highest BCUT2D eigenvalue weighted by molar-refractivity contribution is 5.99. The summed E-state index contributed by atoms with van der Waals surface area (Å²) in [5.41, 5.74) is 12.0. The lowest BCUT2D eigenvalue weighted by Gasteiger charge is -2.25. The number of hydrogen-bond donors (Lipinski definition) is 0. The second-order valence-corrected chi connectivity index (χ2v) is 13.0.